The molecule has 47 heavy (non-hydrogen) atoms. The van der Waals surface area contributed by atoms with Crippen LogP contribution in [0.15, 0.2) is 95.9 Å². The maximum absolute atomic E-state index is 14.7. The molecular weight excluding hydrogens is 653 g/mol. The standard InChI is InChI=1S/C37H41Cl2N3O4S/c1-6-28(5)40-37(44)35(21-29-10-8-7-9-11-29)41(23-30-14-15-31(38)22-34(30)39)36(43)24-42(32-19-26(3)18-27(4)20-32)47(45,46)33-16-12-25(2)13-17-33/h7-20,22,28,35H,6,21,23-24H2,1-5H3,(H,40,44)/t28-,35-/m0/s1. The Morgan fingerprint density at radius 2 is 1.47 bits per heavy atom. The third kappa shape index (κ3) is 9.37. The Labute approximate surface area is 288 Å². The monoisotopic (exact) mass is 693 g/mol. The van der Waals surface area contributed by atoms with Crippen molar-refractivity contribution in [2.24, 2.45) is 0 Å². The summed E-state index contributed by atoms with van der Waals surface area (Å²) < 4.78 is 29.7. The first kappa shape index (κ1) is 36.0. The highest BCUT2D eigenvalue weighted by Crippen LogP contribution is 2.28. The molecule has 0 aliphatic carbocycles. The van der Waals surface area contributed by atoms with Crippen molar-refractivity contribution in [3.05, 3.63) is 129 Å². The van der Waals surface area contributed by atoms with Gasteiger partial charge >= 0.3 is 0 Å². The molecule has 0 aliphatic heterocycles. The lowest BCUT2D eigenvalue weighted by atomic mass is 10.0. The lowest BCUT2D eigenvalue weighted by Crippen LogP contribution is -2.54. The van der Waals surface area contributed by atoms with Gasteiger partial charge in [0.05, 0.1) is 10.6 Å². The second-order valence-corrected chi connectivity index (χ2v) is 14.7. The number of rotatable bonds is 13. The molecule has 0 spiro atoms. The second kappa shape index (κ2) is 15.8. The van der Waals surface area contributed by atoms with Crippen LogP contribution in [0.2, 0.25) is 10.0 Å². The fourth-order valence-electron chi connectivity index (χ4n) is 5.29. The zero-order valence-corrected chi connectivity index (χ0v) is 29.7. The number of amides is 2. The molecule has 0 saturated heterocycles. The minimum atomic E-state index is -4.21. The molecule has 7 nitrogen and oxygen atoms in total. The van der Waals surface area contributed by atoms with Crippen molar-refractivity contribution < 1.29 is 18.0 Å². The van der Waals surface area contributed by atoms with Gasteiger partial charge in [-0.1, -0.05) is 90.3 Å². The van der Waals surface area contributed by atoms with Crippen LogP contribution in [0.1, 0.15) is 48.1 Å². The van der Waals surface area contributed by atoms with Gasteiger partial charge in [-0.3, -0.25) is 13.9 Å². The Hall–Kier alpha value is -3.85. The number of carbonyl (C=O) groups excluding carboxylic acids is 2. The molecule has 0 unspecified atom stereocenters. The molecule has 0 radical (unpaired) electrons. The van der Waals surface area contributed by atoms with Crippen LogP contribution in [0, 0.1) is 20.8 Å². The minimum absolute atomic E-state index is 0.0501. The van der Waals surface area contributed by atoms with Crippen LogP contribution in [0.3, 0.4) is 0 Å². The molecule has 0 saturated carbocycles. The van der Waals surface area contributed by atoms with E-state index in [-0.39, 0.29) is 29.8 Å². The van der Waals surface area contributed by atoms with Crippen LogP contribution in [-0.4, -0.2) is 43.8 Å². The number of aryl methyl sites for hydroxylation is 3. The van der Waals surface area contributed by atoms with Gasteiger partial charge in [-0.05, 0) is 92.8 Å². The number of anilines is 1. The van der Waals surface area contributed by atoms with Crippen LogP contribution in [-0.2, 0) is 32.6 Å². The van der Waals surface area contributed by atoms with E-state index in [1.807, 2.05) is 71.0 Å². The van der Waals surface area contributed by atoms with Crippen molar-refractivity contribution in [2.45, 2.75) is 71.0 Å². The van der Waals surface area contributed by atoms with Gasteiger partial charge in [0.2, 0.25) is 11.8 Å². The average molecular weight is 695 g/mol. The van der Waals surface area contributed by atoms with Gasteiger partial charge < -0.3 is 10.2 Å². The Bertz CT molecular complexity index is 1800. The number of nitrogens with one attached hydrogen (secondary N) is 1. The first-order valence-corrected chi connectivity index (χ1v) is 17.7. The lowest BCUT2D eigenvalue weighted by Gasteiger charge is -2.34. The van der Waals surface area contributed by atoms with Gasteiger partial charge in [-0.2, -0.15) is 0 Å². The van der Waals surface area contributed by atoms with E-state index in [2.05, 4.69) is 5.32 Å². The van der Waals surface area contributed by atoms with Gasteiger partial charge in [-0.15, -0.1) is 0 Å². The maximum Gasteiger partial charge on any atom is 0.264 e. The summed E-state index contributed by atoms with van der Waals surface area (Å²) >= 11 is 12.8. The van der Waals surface area contributed by atoms with Crippen molar-refractivity contribution in [1.29, 1.82) is 0 Å². The SMILES string of the molecule is CC[C@H](C)NC(=O)[C@H](Cc1ccccc1)N(Cc1ccc(Cl)cc1Cl)C(=O)CN(c1cc(C)cc(C)c1)S(=O)(=O)c1ccc(C)cc1. The smallest absolute Gasteiger partial charge is 0.264 e. The number of hydrogen-bond donors (Lipinski definition) is 1. The van der Waals surface area contributed by atoms with Crippen LogP contribution in [0.5, 0.6) is 0 Å². The van der Waals surface area contributed by atoms with E-state index in [1.165, 1.54) is 17.0 Å². The van der Waals surface area contributed by atoms with Crippen molar-refractivity contribution in [2.75, 3.05) is 10.8 Å². The zero-order valence-electron chi connectivity index (χ0n) is 27.3. The van der Waals surface area contributed by atoms with Crippen molar-refractivity contribution in [1.82, 2.24) is 10.2 Å². The molecule has 248 valence electrons. The molecule has 0 heterocycles. The van der Waals surface area contributed by atoms with E-state index < -0.39 is 28.5 Å². The molecule has 0 bridgehead atoms. The quantitative estimate of drug-likeness (QED) is 0.156. The van der Waals surface area contributed by atoms with E-state index in [0.29, 0.717) is 27.7 Å². The third-order valence-electron chi connectivity index (χ3n) is 8.01. The topological polar surface area (TPSA) is 86.8 Å². The number of halogens is 2. The first-order chi connectivity index (χ1) is 22.3. The number of carbonyl (C=O) groups is 2. The third-order valence-corrected chi connectivity index (χ3v) is 10.4. The minimum Gasteiger partial charge on any atom is -0.352 e. The Balaban J connectivity index is 1.85. The molecule has 0 fully saturated rings. The summed E-state index contributed by atoms with van der Waals surface area (Å²) in [4.78, 5) is 30.2. The van der Waals surface area contributed by atoms with Gasteiger partial charge in [0.15, 0.2) is 0 Å². The Morgan fingerprint density at radius 3 is 2.06 bits per heavy atom. The largest absolute Gasteiger partial charge is 0.352 e. The van der Waals surface area contributed by atoms with Crippen LogP contribution >= 0.6 is 23.2 Å². The van der Waals surface area contributed by atoms with E-state index in [1.54, 1.807) is 42.5 Å². The number of nitrogens with zero attached hydrogens (tertiary/aromatic N) is 2. The summed E-state index contributed by atoms with van der Waals surface area (Å²) in [7, 11) is -4.21. The summed E-state index contributed by atoms with van der Waals surface area (Å²) in [6, 6.07) is 25.2. The number of sulfonamides is 1. The molecule has 2 atom stereocenters. The van der Waals surface area contributed by atoms with E-state index in [9.17, 15) is 18.0 Å². The normalized spacial score (nSPS) is 12.7. The van der Waals surface area contributed by atoms with Crippen molar-refractivity contribution >= 4 is 50.7 Å². The van der Waals surface area contributed by atoms with Gasteiger partial charge in [-0.25, -0.2) is 8.42 Å². The summed E-state index contributed by atoms with van der Waals surface area (Å²) in [5, 5.41) is 3.79. The fourth-order valence-corrected chi connectivity index (χ4v) is 7.16. The zero-order chi connectivity index (χ0) is 34.3. The predicted octanol–water partition coefficient (Wildman–Crippen LogP) is 7.67. The van der Waals surface area contributed by atoms with E-state index in [4.69, 9.17) is 23.2 Å². The van der Waals surface area contributed by atoms with E-state index >= 15 is 0 Å². The Kier molecular flexibility index (Phi) is 12.1. The highest BCUT2D eigenvalue weighted by molar-refractivity contribution is 7.92. The first-order valence-electron chi connectivity index (χ1n) is 15.5. The summed E-state index contributed by atoms with van der Waals surface area (Å²) in [5.41, 5.74) is 4.35. The molecule has 10 heteroatoms. The number of benzene rings is 4. The fraction of sp³-hybridized carbons (Fsp3) is 0.297. The molecule has 4 aromatic rings. The molecule has 0 aromatic heterocycles. The molecule has 1 N–H and O–H groups in total. The maximum atomic E-state index is 14.7. The van der Waals surface area contributed by atoms with Gasteiger partial charge in [0.1, 0.15) is 12.6 Å². The molecule has 2 amide bonds. The van der Waals surface area contributed by atoms with Crippen LogP contribution in [0.4, 0.5) is 5.69 Å². The van der Waals surface area contributed by atoms with Crippen molar-refractivity contribution in [3.8, 4) is 0 Å². The molecule has 0 aliphatic rings. The molecule has 4 rings (SSSR count). The second-order valence-electron chi connectivity index (χ2n) is 12.0. The summed E-state index contributed by atoms with van der Waals surface area (Å²) in [5.74, 6) is -0.910. The van der Waals surface area contributed by atoms with Gasteiger partial charge in [0, 0.05) is 29.1 Å². The predicted molar refractivity (Wildman–Crippen MR) is 190 cm³/mol. The highest BCUT2D eigenvalue weighted by Gasteiger charge is 2.35. The van der Waals surface area contributed by atoms with E-state index in [0.717, 1.165) is 26.6 Å². The molecular formula is C37H41Cl2N3O4S. The number of hydrogen-bond acceptors (Lipinski definition) is 4. The highest BCUT2D eigenvalue weighted by atomic mass is 35.5. The van der Waals surface area contributed by atoms with Crippen LogP contribution in [0.25, 0.3) is 0 Å². The Morgan fingerprint density at radius 1 is 0.830 bits per heavy atom. The van der Waals surface area contributed by atoms with Gasteiger partial charge in [0.25, 0.3) is 10.0 Å². The average Bonchev–Trinajstić information content (AvgIpc) is 3.02. The lowest BCUT2D eigenvalue weighted by molar-refractivity contribution is -0.140. The summed E-state index contributed by atoms with van der Waals surface area (Å²) in [6.07, 6.45) is 0.893. The molecule has 4 aromatic carbocycles. The van der Waals surface area contributed by atoms with Crippen molar-refractivity contribution in [3.63, 3.8) is 0 Å². The van der Waals surface area contributed by atoms with Crippen LogP contribution < -0.4 is 9.62 Å². The summed E-state index contributed by atoms with van der Waals surface area (Å²) in [6.45, 7) is 8.88.